The van der Waals surface area contributed by atoms with Crippen molar-refractivity contribution in [3.8, 4) is 0 Å². The number of hydrogen-bond donors (Lipinski definition) is 1. The van der Waals surface area contributed by atoms with Crippen LogP contribution in [0.1, 0.15) is 16.8 Å². The first-order valence-corrected chi connectivity index (χ1v) is 5.99. The summed E-state index contributed by atoms with van der Waals surface area (Å²) < 4.78 is 0. The molecule has 1 N–H and O–H groups in total. The van der Waals surface area contributed by atoms with E-state index in [2.05, 4.69) is 22.4 Å². The quantitative estimate of drug-likeness (QED) is 0.897. The van der Waals surface area contributed by atoms with Gasteiger partial charge in [0.25, 0.3) is 0 Å². The van der Waals surface area contributed by atoms with Crippen LogP contribution in [0.4, 0.5) is 0 Å². The van der Waals surface area contributed by atoms with Gasteiger partial charge in [0.1, 0.15) is 0 Å². The molecule has 0 fully saturated rings. The first-order chi connectivity index (χ1) is 8.29. The summed E-state index contributed by atoms with van der Waals surface area (Å²) in [5.74, 6) is 0. The van der Waals surface area contributed by atoms with E-state index in [-0.39, 0.29) is 0 Å². The van der Waals surface area contributed by atoms with Gasteiger partial charge in [-0.25, -0.2) is 0 Å². The van der Waals surface area contributed by atoms with Crippen molar-refractivity contribution in [1.82, 2.24) is 10.3 Å². The second-order valence-corrected chi connectivity index (χ2v) is 4.36. The van der Waals surface area contributed by atoms with Crippen molar-refractivity contribution in [2.45, 2.75) is 13.0 Å². The predicted molar refractivity (Wildman–Crippen MR) is 71.3 cm³/mol. The smallest absolute Gasteiger partial charge is 0.0451 e. The summed E-state index contributed by atoms with van der Waals surface area (Å²) in [4.78, 5) is 4.32. The molecule has 0 saturated carbocycles. The molecule has 0 bridgehead atoms. The topological polar surface area (TPSA) is 24.9 Å². The third-order valence-electron chi connectivity index (χ3n) is 2.59. The predicted octanol–water partition coefficient (Wildman–Crippen LogP) is 3.05. The molecule has 0 atom stereocenters. The molecule has 0 saturated heterocycles. The van der Waals surface area contributed by atoms with Gasteiger partial charge in [-0.3, -0.25) is 4.98 Å². The number of nitrogens with one attached hydrogen (secondary N) is 1. The molecule has 0 unspecified atom stereocenters. The summed E-state index contributed by atoms with van der Waals surface area (Å²) in [5.41, 5.74) is 3.44. The van der Waals surface area contributed by atoms with Crippen LogP contribution >= 0.6 is 11.6 Å². The lowest BCUT2D eigenvalue weighted by Crippen LogP contribution is -2.06. The van der Waals surface area contributed by atoms with Gasteiger partial charge in [0, 0.05) is 29.9 Å². The van der Waals surface area contributed by atoms with Crippen LogP contribution in [0.15, 0.2) is 42.6 Å². The van der Waals surface area contributed by atoms with Crippen molar-refractivity contribution in [3.63, 3.8) is 0 Å². The van der Waals surface area contributed by atoms with Gasteiger partial charge in [-0.05, 0) is 36.4 Å². The minimum absolute atomic E-state index is 0.787. The summed E-state index contributed by atoms with van der Waals surface area (Å²) in [6.07, 6.45) is 2.66. The Morgan fingerprint density at radius 2 is 2.12 bits per heavy atom. The Kier molecular flexibility index (Phi) is 4.13. The van der Waals surface area contributed by atoms with Crippen LogP contribution in [-0.4, -0.2) is 12.0 Å². The van der Waals surface area contributed by atoms with Crippen LogP contribution < -0.4 is 5.32 Å². The number of halogens is 1. The molecular formula is C14H15ClN2. The second kappa shape index (κ2) is 5.80. The molecule has 3 heteroatoms. The van der Waals surface area contributed by atoms with Gasteiger partial charge in [0.2, 0.25) is 0 Å². The highest BCUT2D eigenvalue weighted by molar-refractivity contribution is 6.31. The number of benzene rings is 1. The highest BCUT2D eigenvalue weighted by Gasteiger charge is 2.02. The van der Waals surface area contributed by atoms with Gasteiger partial charge in [-0.2, -0.15) is 0 Å². The largest absolute Gasteiger partial charge is 0.316 e. The van der Waals surface area contributed by atoms with E-state index in [9.17, 15) is 0 Å². The molecule has 1 aromatic heterocycles. The Labute approximate surface area is 107 Å². The van der Waals surface area contributed by atoms with E-state index in [0.29, 0.717) is 0 Å². The molecule has 0 aliphatic carbocycles. The van der Waals surface area contributed by atoms with E-state index in [1.54, 1.807) is 0 Å². The van der Waals surface area contributed by atoms with Gasteiger partial charge >= 0.3 is 0 Å². The van der Waals surface area contributed by atoms with Crippen LogP contribution in [-0.2, 0) is 13.0 Å². The summed E-state index contributed by atoms with van der Waals surface area (Å²) >= 11 is 6.12. The Morgan fingerprint density at radius 1 is 1.24 bits per heavy atom. The molecule has 2 rings (SSSR count). The lowest BCUT2D eigenvalue weighted by atomic mass is 10.1. The van der Waals surface area contributed by atoms with E-state index in [1.807, 2.05) is 37.5 Å². The standard InChI is InChI=1S/C14H15ClN2/c1-16-10-12-8-11(5-6-14(12)15)9-13-4-2-3-7-17-13/h2-8,16H,9-10H2,1H3. The van der Waals surface area contributed by atoms with Gasteiger partial charge in [-0.1, -0.05) is 29.8 Å². The SMILES string of the molecule is CNCc1cc(Cc2ccccn2)ccc1Cl. The van der Waals surface area contributed by atoms with Crippen LogP contribution in [0.25, 0.3) is 0 Å². The zero-order valence-electron chi connectivity index (χ0n) is 9.78. The van der Waals surface area contributed by atoms with Gasteiger partial charge in [0.05, 0.1) is 0 Å². The molecule has 0 aliphatic heterocycles. The first kappa shape index (κ1) is 12.1. The summed E-state index contributed by atoms with van der Waals surface area (Å²) in [7, 11) is 1.92. The van der Waals surface area contributed by atoms with Crippen molar-refractivity contribution in [2.75, 3.05) is 7.05 Å². The zero-order chi connectivity index (χ0) is 12.1. The fraction of sp³-hybridized carbons (Fsp3) is 0.214. The molecule has 1 heterocycles. The molecule has 0 radical (unpaired) electrons. The van der Waals surface area contributed by atoms with Crippen LogP contribution in [0.3, 0.4) is 0 Å². The number of pyridine rings is 1. The lowest BCUT2D eigenvalue weighted by molar-refractivity contribution is 0.816. The van der Waals surface area contributed by atoms with E-state index < -0.39 is 0 Å². The summed E-state index contributed by atoms with van der Waals surface area (Å²) in [6, 6.07) is 12.1. The molecule has 1 aromatic carbocycles. The number of hydrogen-bond acceptors (Lipinski definition) is 2. The average molecular weight is 247 g/mol. The summed E-state index contributed by atoms with van der Waals surface area (Å²) in [6.45, 7) is 0.787. The maximum Gasteiger partial charge on any atom is 0.0451 e. The molecule has 0 spiro atoms. The van der Waals surface area contributed by atoms with Crippen LogP contribution in [0.2, 0.25) is 5.02 Å². The van der Waals surface area contributed by atoms with Crippen LogP contribution in [0.5, 0.6) is 0 Å². The maximum absolute atomic E-state index is 6.12. The van der Waals surface area contributed by atoms with Gasteiger partial charge in [0.15, 0.2) is 0 Å². The minimum Gasteiger partial charge on any atom is -0.316 e. The maximum atomic E-state index is 6.12. The highest BCUT2D eigenvalue weighted by Crippen LogP contribution is 2.19. The van der Waals surface area contributed by atoms with Crippen molar-refractivity contribution in [1.29, 1.82) is 0 Å². The third kappa shape index (κ3) is 3.29. The Hall–Kier alpha value is -1.38. The third-order valence-corrected chi connectivity index (χ3v) is 2.96. The fourth-order valence-electron chi connectivity index (χ4n) is 1.78. The second-order valence-electron chi connectivity index (χ2n) is 3.95. The number of aromatic nitrogens is 1. The van der Waals surface area contributed by atoms with Gasteiger partial charge < -0.3 is 5.32 Å². The van der Waals surface area contributed by atoms with Crippen molar-refractivity contribution >= 4 is 11.6 Å². The number of rotatable bonds is 4. The average Bonchev–Trinajstić information content (AvgIpc) is 2.35. The van der Waals surface area contributed by atoms with E-state index in [4.69, 9.17) is 11.6 Å². The molecule has 2 nitrogen and oxygen atoms in total. The normalized spacial score (nSPS) is 10.5. The number of nitrogens with zero attached hydrogens (tertiary/aromatic N) is 1. The molecular weight excluding hydrogens is 232 g/mol. The Bertz CT molecular complexity index is 483. The fourth-order valence-corrected chi connectivity index (χ4v) is 1.96. The van der Waals surface area contributed by atoms with Crippen molar-refractivity contribution in [2.24, 2.45) is 0 Å². The first-order valence-electron chi connectivity index (χ1n) is 5.61. The molecule has 0 aliphatic rings. The Balaban J connectivity index is 2.19. The summed E-state index contributed by atoms with van der Waals surface area (Å²) in [5, 5.41) is 3.93. The lowest BCUT2D eigenvalue weighted by Gasteiger charge is -2.07. The molecule has 0 amide bonds. The van der Waals surface area contributed by atoms with Crippen LogP contribution in [0, 0.1) is 0 Å². The minimum atomic E-state index is 0.787. The molecule has 2 aromatic rings. The zero-order valence-corrected chi connectivity index (χ0v) is 10.5. The van der Waals surface area contributed by atoms with Crippen molar-refractivity contribution < 1.29 is 0 Å². The highest BCUT2D eigenvalue weighted by atomic mass is 35.5. The Morgan fingerprint density at radius 3 is 2.82 bits per heavy atom. The van der Waals surface area contributed by atoms with E-state index in [1.165, 1.54) is 5.56 Å². The van der Waals surface area contributed by atoms with Crippen molar-refractivity contribution in [3.05, 3.63) is 64.4 Å². The van der Waals surface area contributed by atoms with E-state index in [0.717, 1.165) is 29.2 Å². The monoisotopic (exact) mass is 246 g/mol. The molecule has 88 valence electrons. The van der Waals surface area contributed by atoms with E-state index >= 15 is 0 Å². The van der Waals surface area contributed by atoms with Gasteiger partial charge in [-0.15, -0.1) is 0 Å². The molecule has 17 heavy (non-hydrogen) atoms.